The van der Waals surface area contributed by atoms with Gasteiger partial charge in [0.25, 0.3) is 0 Å². The van der Waals surface area contributed by atoms with Crippen molar-refractivity contribution in [2.45, 2.75) is 65.8 Å². The zero-order valence-corrected chi connectivity index (χ0v) is 13.3. The molecule has 2 unspecified atom stereocenters. The Morgan fingerprint density at radius 1 is 1.10 bits per heavy atom. The average molecular weight is 277 g/mol. The molecule has 0 spiro atoms. The molecule has 1 aromatic rings. The Bertz CT molecular complexity index is 447. The van der Waals surface area contributed by atoms with E-state index in [0.717, 1.165) is 24.3 Å². The molecular weight excluding hydrogens is 249 g/mol. The third-order valence-electron chi connectivity index (χ3n) is 4.68. The van der Waals surface area contributed by atoms with Crippen molar-refractivity contribution in [2.75, 3.05) is 5.32 Å². The van der Waals surface area contributed by atoms with E-state index in [1.54, 1.807) is 6.07 Å². The van der Waals surface area contributed by atoms with Gasteiger partial charge in [-0.3, -0.25) is 0 Å². The molecule has 0 heterocycles. The van der Waals surface area contributed by atoms with E-state index >= 15 is 0 Å². The van der Waals surface area contributed by atoms with E-state index in [0.29, 0.717) is 17.1 Å². The zero-order chi connectivity index (χ0) is 14.8. The van der Waals surface area contributed by atoms with Crippen molar-refractivity contribution < 1.29 is 4.39 Å². The summed E-state index contributed by atoms with van der Waals surface area (Å²) in [7, 11) is 0. The Labute approximate surface area is 123 Å². The first-order valence-electron chi connectivity index (χ1n) is 7.89. The van der Waals surface area contributed by atoms with Crippen LogP contribution in [0.25, 0.3) is 0 Å². The molecule has 1 aromatic carbocycles. The lowest BCUT2D eigenvalue weighted by atomic mass is 9.76. The van der Waals surface area contributed by atoms with E-state index < -0.39 is 0 Å². The number of rotatable bonds is 2. The maximum Gasteiger partial charge on any atom is 0.146 e. The van der Waals surface area contributed by atoms with Gasteiger partial charge in [0.2, 0.25) is 0 Å². The predicted molar refractivity (Wildman–Crippen MR) is 84.6 cm³/mol. The second-order valence-corrected chi connectivity index (χ2v) is 7.40. The molecule has 0 aromatic heterocycles. The molecule has 2 heteroatoms. The summed E-state index contributed by atoms with van der Waals surface area (Å²) in [6.45, 7) is 8.94. The summed E-state index contributed by atoms with van der Waals surface area (Å²) in [6, 6.07) is 5.87. The summed E-state index contributed by atoms with van der Waals surface area (Å²) in [4.78, 5) is 0. The van der Waals surface area contributed by atoms with Crippen molar-refractivity contribution in [3.05, 3.63) is 29.6 Å². The van der Waals surface area contributed by atoms with E-state index in [1.165, 1.54) is 19.3 Å². The van der Waals surface area contributed by atoms with Gasteiger partial charge in [0, 0.05) is 6.04 Å². The Hall–Kier alpha value is -1.05. The zero-order valence-electron chi connectivity index (χ0n) is 13.3. The Morgan fingerprint density at radius 3 is 2.50 bits per heavy atom. The Morgan fingerprint density at radius 2 is 1.85 bits per heavy atom. The van der Waals surface area contributed by atoms with Crippen molar-refractivity contribution in [1.29, 1.82) is 0 Å². The molecule has 1 nitrogen and oxygen atoms in total. The molecule has 1 aliphatic carbocycles. The van der Waals surface area contributed by atoms with Gasteiger partial charge in [0.15, 0.2) is 0 Å². The van der Waals surface area contributed by atoms with Crippen molar-refractivity contribution in [3.63, 3.8) is 0 Å². The van der Waals surface area contributed by atoms with Gasteiger partial charge in [-0.05, 0) is 61.6 Å². The minimum Gasteiger partial charge on any atom is -0.380 e. The van der Waals surface area contributed by atoms with Gasteiger partial charge in [-0.15, -0.1) is 0 Å². The molecule has 0 radical (unpaired) electrons. The lowest BCUT2D eigenvalue weighted by Gasteiger charge is -2.29. The van der Waals surface area contributed by atoms with E-state index in [-0.39, 0.29) is 5.82 Å². The fourth-order valence-corrected chi connectivity index (χ4v) is 3.27. The number of halogens is 1. The van der Waals surface area contributed by atoms with Crippen LogP contribution in [0.15, 0.2) is 18.2 Å². The lowest BCUT2D eigenvalue weighted by Crippen LogP contribution is -2.22. The quantitative estimate of drug-likeness (QED) is 0.700. The molecule has 2 rings (SSSR count). The molecule has 0 saturated heterocycles. The molecule has 1 saturated carbocycles. The fourth-order valence-electron chi connectivity index (χ4n) is 3.27. The summed E-state index contributed by atoms with van der Waals surface area (Å²) in [5.74, 6) is 0.666. The fraction of sp³-hybridized carbons (Fsp3) is 0.667. The SMILES string of the molecule is Cc1ccc(NC2CCCC(C(C)(C)C)CC2)c(F)c1. The highest BCUT2D eigenvalue weighted by atomic mass is 19.1. The van der Waals surface area contributed by atoms with Gasteiger partial charge in [-0.2, -0.15) is 0 Å². The highest BCUT2D eigenvalue weighted by Crippen LogP contribution is 2.37. The normalized spacial score (nSPS) is 24.2. The maximum absolute atomic E-state index is 13.9. The first-order valence-corrected chi connectivity index (χ1v) is 7.89. The van der Waals surface area contributed by atoms with E-state index in [4.69, 9.17) is 0 Å². The first kappa shape index (κ1) is 15.3. The van der Waals surface area contributed by atoms with Crippen LogP contribution in [0.2, 0.25) is 0 Å². The van der Waals surface area contributed by atoms with Gasteiger partial charge in [-0.1, -0.05) is 33.3 Å². The van der Waals surface area contributed by atoms with Gasteiger partial charge in [-0.25, -0.2) is 4.39 Å². The third kappa shape index (κ3) is 3.97. The number of anilines is 1. The number of hydrogen-bond acceptors (Lipinski definition) is 1. The minimum absolute atomic E-state index is 0.124. The molecule has 20 heavy (non-hydrogen) atoms. The van der Waals surface area contributed by atoms with Crippen LogP contribution in [0, 0.1) is 24.1 Å². The van der Waals surface area contributed by atoms with Crippen LogP contribution in [0.4, 0.5) is 10.1 Å². The largest absolute Gasteiger partial charge is 0.380 e. The second-order valence-electron chi connectivity index (χ2n) is 7.40. The standard InChI is InChI=1S/C18H28FN/c1-13-8-11-17(16(19)12-13)20-15-7-5-6-14(9-10-15)18(2,3)4/h8,11-12,14-15,20H,5-7,9-10H2,1-4H3. The van der Waals surface area contributed by atoms with E-state index in [1.807, 2.05) is 19.1 Å². The van der Waals surface area contributed by atoms with Gasteiger partial charge in [0.05, 0.1) is 5.69 Å². The monoisotopic (exact) mass is 277 g/mol. The topological polar surface area (TPSA) is 12.0 Å². The summed E-state index contributed by atoms with van der Waals surface area (Å²) < 4.78 is 13.9. The molecule has 1 aliphatic rings. The van der Waals surface area contributed by atoms with Gasteiger partial charge in [0.1, 0.15) is 5.82 Å². The summed E-state index contributed by atoms with van der Waals surface area (Å²) in [6.07, 6.45) is 6.09. The smallest absolute Gasteiger partial charge is 0.146 e. The number of benzene rings is 1. The van der Waals surface area contributed by atoms with Crippen molar-refractivity contribution in [2.24, 2.45) is 11.3 Å². The maximum atomic E-state index is 13.9. The van der Waals surface area contributed by atoms with Crippen molar-refractivity contribution in [1.82, 2.24) is 0 Å². The number of nitrogens with one attached hydrogen (secondary N) is 1. The molecule has 1 N–H and O–H groups in total. The molecule has 112 valence electrons. The van der Waals surface area contributed by atoms with Crippen LogP contribution in [0.1, 0.15) is 58.4 Å². The van der Waals surface area contributed by atoms with Crippen LogP contribution in [0.5, 0.6) is 0 Å². The highest BCUT2D eigenvalue weighted by Gasteiger charge is 2.27. The summed E-state index contributed by atoms with van der Waals surface area (Å²) in [5, 5.41) is 3.41. The van der Waals surface area contributed by atoms with Crippen LogP contribution in [0.3, 0.4) is 0 Å². The van der Waals surface area contributed by atoms with Crippen molar-refractivity contribution >= 4 is 5.69 Å². The molecular formula is C18H28FN. The van der Waals surface area contributed by atoms with Crippen LogP contribution < -0.4 is 5.32 Å². The lowest BCUT2D eigenvalue weighted by molar-refractivity contribution is 0.214. The Balaban J connectivity index is 1.97. The van der Waals surface area contributed by atoms with Crippen molar-refractivity contribution in [3.8, 4) is 0 Å². The molecule has 0 bridgehead atoms. The number of hydrogen-bond donors (Lipinski definition) is 1. The Kier molecular flexibility index (Phi) is 4.72. The number of aryl methyl sites for hydroxylation is 1. The summed E-state index contributed by atoms with van der Waals surface area (Å²) >= 11 is 0. The van der Waals surface area contributed by atoms with Crippen LogP contribution in [-0.4, -0.2) is 6.04 Å². The van der Waals surface area contributed by atoms with E-state index in [9.17, 15) is 4.39 Å². The minimum atomic E-state index is -0.124. The third-order valence-corrected chi connectivity index (χ3v) is 4.68. The van der Waals surface area contributed by atoms with Gasteiger partial charge < -0.3 is 5.32 Å². The van der Waals surface area contributed by atoms with Gasteiger partial charge >= 0.3 is 0 Å². The van der Waals surface area contributed by atoms with Crippen LogP contribution in [-0.2, 0) is 0 Å². The second kappa shape index (κ2) is 6.15. The molecule has 0 aliphatic heterocycles. The average Bonchev–Trinajstić information content (AvgIpc) is 2.58. The van der Waals surface area contributed by atoms with Crippen LogP contribution >= 0.6 is 0 Å². The molecule has 0 amide bonds. The summed E-state index contributed by atoms with van der Waals surface area (Å²) in [5.41, 5.74) is 2.03. The molecule has 1 fully saturated rings. The molecule has 2 atom stereocenters. The van der Waals surface area contributed by atoms with E-state index in [2.05, 4.69) is 26.1 Å². The highest BCUT2D eigenvalue weighted by molar-refractivity contribution is 5.46. The predicted octanol–water partition coefficient (Wildman–Crippen LogP) is 5.54. The first-order chi connectivity index (χ1) is 9.36.